The van der Waals surface area contributed by atoms with Gasteiger partial charge in [0.05, 0.1) is 36.4 Å². The number of allylic oxidation sites excluding steroid dienone is 1. The largest absolute Gasteiger partial charge is 0.392 e. The minimum Gasteiger partial charge on any atom is -0.392 e. The van der Waals surface area contributed by atoms with Crippen molar-refractivity contribution in [3.05, 3.63) is 12.2 Å². The maximum absolute atomic E-state index is 14.3. The fraction of sp³-hybridized carbons (Fsp3) is 0.914. The summed E-state index contributed by atoms with van der Waals surface area (Å²) in [6, 6.07) is 0. The van der Waals surface area contributed by atoms with Crippen LogP contribution in [0.5, 0.6) is 0 Å². The van der Waals surface area contributed by atoms with Crippen molar-refractivity contribution in [2.75, 3.05) is 13.2 Å². The topological polar surface area (TPSA) is 126 Å². The summed E-state index contributed by atoms with van der Waals surface area (Å²) in [7, 11) is 0. The number of hydrogen-bond acceptors (Lipinski definition) is 8. The second-order valence-corrected chi connectivity index (χ2v) is 17.8. The Labute approximate surface area is 256 Å². The lowest BCUT2D eigenvalue weighted by molar-refractivity contribution is -0.309. The Balaban J connectivity index is 1.23. The van der Waals surface area contributed by atoms with E-state index in [2.05, 4.69) is 60.6 Å². The molecule has 7 rings (SSSR count). The summed E-state index contributed by atoms with van der Waals surface area (Å²) < 4.78 is 19.0. The zero-order valence-corrected chi connectivity index (χ0v) is 27.1. The molecule has 5 aliphatic carbocycles. The third-order valence-corrected chi connectivity index (χ3v) is 15.1. The molecule has 2 saturated heterocycles. The molecule has 242 valence electrons. The summed E-state index contributed by atoms with van der Waals surface area (Å²) in [5.41, 5.74) is -2.26. The van der Waals surface area contributed by atoms with Gasteiger partial charge in [-0.1, -0.05) is 60.6 Å². The van der Waals surface area contributed by atoms with Gasteiger partial charge in [-0.05, 0) is 72.0 Å². The molecule has 2 aliphatic heterocycles. The van der Waals surface area contributed by atoms with Gasteiger partial charge in [0.1, 0.15) is 24.1 Å². The lowest BCUT2D eigenvalue weighted by Crippen LogP contribution is -2.73. The third-order valence-electron chi connectivity index (χ3n) is 15.1. The average Bonchev–Trinajstić information content (AvgIpc) is 3.18. The van der Waals surface area contributed by atoms with Crippen molar-refractivity contribution >= 4 is 5.78 Å². The predicted molar refractivity (Wildman–Crippen MR) is 159 cm³/mol. The van der Waals surface area contributed by atoms with Crippen LogP contribution < -0.4 is 0 Å². The van der Waals surface area contributed by atoms with Gasteiger partial charge in [0.15, 0.2) is 6.29 Å². The van der Waals surface area contributed by atoms with Gasteiger partial charge < -0.3 is 34.6 Å². The van der Waals surface area contributed by atoms with Crippen molar-refractivity contribution in [2.45, 2.75) is 136 Å². The van der Waals surface area contributed by atoms with Gasteiger partial charge in [-0.2, -0.15) is 0 Å². The first kappa shape index (κ1) is 30.8. The number of carbonyl (C=O) groups is 1. The molecule has 0 amide bonds. The van der Waals surface area contributed by atoms with Crippen LogP contribution in [0, 0.1) is 50.2 Å². The Morgan fingerprint density at radius 2 is 1.63 bits per heavy atom. The fourth-order valence-electron chi connectivity index (χ4n) is 12.5. The molecule has 7 aliphatic rings. The molecule has 0 aromatic rings. The van der Waals surface area contributed by atoms with E-state index in [0.717, 1.165) is 32.1 Å². The second-order valence-electron chi connectivity index (χ2n) is 17.8. The highest BCUT2D eigenvalue weighted by Crippen LogP contribution is 2.78. The number of fused-ring (bicyclic) bond motifs is 4. The molecule has 8 heteroatoms. The molecule has 6 fully saturated rings. The summed E-state index contributed by atoms with van der Waals surface area (Å²) in [5.74, 6) is 0.748. The monoisotopic (exact) mass is 602 g/mol. The quantitative estimate of drug-likeness (QED) is 0.278. The third kappa shape index (κ3) is 3.61. The van der Waals surface area contributed by atoms with Crippen molar-refractivity contribution in [1.29, 1.82) is 0 Å². The normalized spacial score (nSPS) is 58.2. The maximum atomic E-state index is 14.3. The van der Waals surface area contributed by atoms with Crippen LogP contribution in [0.1, 0.15) is 93.4 Å². The summed E-state index contributed by atoms with van der Waals surface area (Å²) in [6.07, 6.45) is 4.90. The average molecular weight is 603 g/mol. The van der Waals surface area contributed by atoms with Gasteiger partial charge in [-0.3, -0.25) is 4.79 Å². The first-order valence-electron chi connectivity index (χ1n) is 16.8. The molecule has 2 bridgehead atoms. The number of rotatable bonds is 2. The van der Waals surface area contributed by atoms with Crippen molar-refractivity contribution in [3.8, 4) is 0 Å². The van der Waals surface area contributed by atoms with E-state index in [-0.39, 0.29) is 52.0 Å². The van der Waals surface area contributed by atoms with Crippen molar-refractivity contribution in [1.82, 2.24) is 0 Å². The van der Waals surface area contributed by atoms with Crippen molar-refractivity contribution in [3.63, 3.8) is 0 Å². The minimum atomic E-state index is -1.30. The zero-order valence-electron chi connectivity index (χ0n) is 27.1. The number of Topliss-reactive ketones (excluding diaryl/α,β-unsaturated/α-hetero) is 1. The molecule has 4 saturated carbocycles. The Morgan fingerprint density at radius 1 is 0.907 bits per heavy atom. The molecule has 0 aromatic carbocycles. The van der Waals surface area contributed by atoms with Gasteiger partial charge >= 0.3 is 0 Å². The summed E-state index contributed by atoms with van der Waals surface area (Å²) in [5, 5.41) is 42.3. The number of hydrogen-bond donors (Lipinski definition) is 4. The summed E-state index contributed by atoms with van der Waals surface area (Å²) >= 11 is 0. The van der Waals surface area contributed by atoms with Gasteiger partial charge in [0.25, 0.3) is 0 Å². The van der Waals surface area contributed by atoms with Crippen molar-refractivity contribution in [2.24, 2.45) is 50.2 Å². The highest BCUT2D eigenvalue weighted by Gasteiger charge is 2.80. The number of carbonyl (C=O) groups excluding carboxylic acids is 1. The van der Waals surface area contributed by atoms with E-state index < -0.39 is 47.1 Å². The van der Waals surface area contributed by atoms with Crippen LogP contribution in [0.3, 0.4) is 0 Å². The number of aliphatic hydroxyl groups excluding tert-OH is 4. The van der Waals surface area contributed by atoms with Crippen LogP contribution in [-0.2, 0) is 19.0 Å². The van der Waals surface area contributed by atoms with Gasteiger partial charge in [-0.15, -0.1) is 0 Å². The Hall–Kier alpha value is -0.870. The fourth-order valence-corrected chi connectivity index (χ4v) is 12.5. The Kier molecular flexibility index (Phi) is 6.54. The molecule has 0 aromatic heterocycles. The van der Waals surface area contributed by atoms with Gasteiger partial charge in [0, 0.05) is 17.8 Å². The molecule has 43 heavy (non-hydrogen) atoms. The van der Waals surface area contributed by atoms with E-state index in [1.165, 1.54) is 0 Å². The van der Waals surface area contributed by atoms with E-state index in [1.54, 1.807) is 0 Å². The van der Waals surface area contributed by atoms with Crippen molar-refractivity contribution < 1.29 is 39.4 Å². The highest BCUT2D eigenvalue weighted by atomic mass is 16.7. The predicted octanol–water partition coefficient (Wildman–Crippen LogP) is 3.77. The SMILES string of the molecule is CC1(C)C[C@@H]2[C@]3(CO[C@@]24C=C[C@@H]2[C@@]5(C)CC[C@H](O[C@@H]6OC[C@H](O)[C@H](O)[C@H]6O)C(C)(C)[C@@H]5CC[C@@]2(C)[C@]4(C)CC3=O)[C@@H](O)C1. The van der Waals surface area contributed by atoms with Crippen LogP contribution in [0.25, 0.3) is 0 Å². The van der Waals surface area contributed by atoms with Crippen LogP contribution in [-0.4, -0.2) is 81.8 Å². The zero-order chi connectivity index (χ0) is 31.2. The molecule has 0 radical (unpaired) electrons. The summed E-state index contributed by atoms with van der Waals surface area (Å²) in [6.45, 7) is 16.4. The Morgan fingerprint density at radius 3 is 2.35 bits per heavy atom. The molecule has 0 unspecified atom stereocenters. The van der Waals surface area contributed by atoms with Crippen LogP contribution in [0.4, 0.5) is 0 Å². The smallest absolute Gasteiger partial charge is 0.186 e. The Bertz CT molecular complexity index is 1210. The molecule has 8 nitrogen and oxygen atoms in total. The number of aliphatic hydroxyl groups is 4. The lowest BCUT2D eigenvalue weighted by Gasteiger charge is -2.72. The van der Waals surface area contributed by atoms with Gasteiger partial charge in [0.2, 0.25) is 0 Å². The molecular formula is C35H54O8. The van der Waals surface area contributed by atoms with E-state index in [0.29, 0.717) is 25.4 Å². The first-order chi connectivity index (χ1) is 19.9. The van der Waals surface area contributed by atoms with E-state index >= 15 is 0 Å². The van der Waals surface area contributed by atoms with Gasteiger partial charge in [-0.25, -0.2) is 0 Å². The second kappa shape index (κ2) is 9.14. The molecular weight excluding hydrogens is 548 g/mol. The van der Waals surface area contributed by atoms with Crippen LogP contribution >= 0.6 is 0 Å². The minimum absolute atomic E-state index is 0.0269. The standard InChI is InChI=1S/C35H54O8/c1-29(2)14-22-34(23(37)15-29)18-42-35(22)13-9-21-31(5)11-10-25(43-28-27(40)26(39)19(36)17-41-28)30(3,4)20(31)8-12-32(21,6)33(35,7)16-24(34)38/h9,13,19-23,25-28,36-37,39-40H,8,10-12,14-18H2,1-7H3/t19-,20-,21+,22+,23-,25-,26-,27+,28-,31-,32+,33-,34+,35-/m0/s1. The maximum Gasteiger partial charge on any atom is 0.186 e. The molecule has 2 heterocycles. The molecule has 1 spiro atoms. The first-order valence-corrected chi connectivity index (χ1v) is 16.8. The van der Waals surface area contributed by atoms with E-state index in [9.17, 15) is 25.2 Å². The molecule has 14 atom stereocenters. The van der Waals surface area contributed by atoms with E-state index in [4.69, 9.17) is 14.2 Å². The summed E-state index contributed by atoms with van der Waals surface area (Å²) in [4.78, 5) is 14.3. The van der Waals surface area contributed by atoms with E-state index in [1.807, 2.05) is 0 Å². The number of ketones is 1. The highest BCUT2D eigenvalue weighted by molar-refractivity contribution is 5.89. The lowest BCUT2D eigenvalue weighted by atomic mass is 9.32. The molecule has 4 N–H and O–H groups in total. The van der Waals surface area contributed by atoms with Crippen LogP contribution in [0.2, 0.25) is 0 Å². The van der Waals surface area contributed by atoms with Crippen LogP contribution in [0.15, 0.2) is 12.2 Å². The number of ether oxygens (including phenoxy) is 3.